The van der Waals surface area contributed by atoms with E-state index in [9.17, 15) is 74.6 Å². The van der Waals surface area contributed by atoms with E-state index in [2.05, 4.69) is 0 Å². The highest BCUT2D eigenvalue weighted by Gasteiger charge is 2.95. The second-order valence-electron chi connectivity index (χ2n) is 5.51. The summed E-state index contributed by atoms with van der Waals surface area (Å²) in [6.07, 6.45) is -9.50. The maximum Gasteiger partial charge on any atom is 0.460 e. The molecule has 0 unspecified atom stereocenters. The Kier molecular flexibility index (Phi) is 7.52. The monoisotopic (exact) mass is 600 g/mol. The van der Waals surface area contributed by atoms with Gasteiger partial charge in [-0.15, -0.1) is 0 Å². The summed E-state index contributed by atoms with van der Waals surface area (Å²) >= 11 is 0.791. The van der Waals surface area contributed by atoms with Crippen molar-refractivity contribution >= 4 is 22.6 Å². The first-order valence-electron chi connectivity index (χ1n) is 6.79. The molecule has 0 saturated heterocycles. The van der Waals surface area contributed by atoms with Crippen molar-refractivity contribution in [2.24, 2.45) is 0 Å². The predicted octanol–water partition coefficient (Wildman–Crippen LogP) is 7.72. The van der Waals surface area contributed by atoms with Crippen LogP contribution in [0.1, 0.15) is 13.3 Å². The third-order valence-corrected chi connectivity index (χ3v) is 4.50. The number of allylic oxidation sites excluding steroid dienone is 2. The minimum absolute atomic E-state index is 0.625. The lowest BCUT2D eigenvalue weighted by molar-refractivity contribution is -0.459. The fraction of sp³-hybridized carbons (Fsp3) is 0.833. The first-order chi connectivity index (χ1) is 12.7. The van der Waals surface area contributed by atoms with E-state index in [4.69, 9.17) is 0 Å². The van der Waals surface area contributed by atoms with E-state index in [0.717, 1.165) is 29.5 Å². The molecule has 0 aliphatic heterocycles. The lowest BCUT2D eigenvalue weighted by Crippen LogP contribution is -2.74. The molecule has 0 aliphatic rings. The van der Waals surface area contributed by atoms with Gasteiger partial charge >= 0.3 is 47.6 Å². The number of rotatable bonds is 8. The van der Waals surface area contributed by atoms with Crippen LogP contribution in [0.5, 0.6) is 0 Å². The Morgan fingerprint density at radius 1 is 0.533 bits per heavy atom. The molecule has 0 radical (unpaired) electrons. The van der Waals surface area contributed by atoms with Gasteiger partial charge in [-0.2, -0.15) is 74.6 Å². The van der Waals surface area contributed by atoms with Gasteiger partial charge in [-0.05, 0) is 32.6 Å². The van der Waals surface area contributed by atoms with Crippen LogP contribution in [0.3, 0.4) is 0 Å². The molecule has 0 amide bonds. The lowest BCUT2D eigenvalue weighted by atomic mass is 9.89. The molecule has 0 aliphatic carbocycles. The molecule has 0 aromatic carbocycles. The van der Waals surface area contributed by atoms with E-state index >= 15 is 0 Å². The zero-order valence-corrected chi connectivity index (χ0v) is 15.7. The molecule has 0 saturated carbocycles. The maximum absolute atomic E-state index is 13.4. The molecule has 0 spiro atoms. The quantitative estimate of drug-likeness (QED) is 0.198. The van der Waals surface area contributed by atoms with Crippen LogP contribution < -0.4 is 0 Å². The van der Waals surface area contributed by atoms with Crippen molar-refractivity contribution < 1.29 is 74.6 Å². The Hall–Kier alpha value is -0.720. The zero-order chi connectivity index (χ0) is 25.0. The van der Waals surface area contributed by atoms with Gasteiger partial charge < -0.3 is 0 Å². The summed E-state index contributed by atoms with van der Waals surface area (Å²) in [5.41, 5.74) is 0. The van der Waals surface area contributed by atoms with E-state index in [0.29, 0.717) is 0 Å². The minimum atomic E-state index is -8.59. The average Bonchev–Trinajstić information content (AvgIpc) is 2.51. The van der Waals surface area contributed by atoms with Crippen LogP contribution in [0, 0.1) is 0 Å². The molecule has 0 bridgehead atoms. The van der Waals surface area contributed by atoms with E-state index < -0.39 is 63.7 Å². The molecule has 180 valence electrons. The third-order valence-electron chi connectivity index (χ3n) is 3.42. The van der Waals surface area contributed by atoms with Gasteiger partial charge in [-0.1, -0.05) is 6.92 Å². The third kappa shape index (κ3) is 3.93. The van der Waals surface area contributed by atoms with Crippen molar-refractivity contribution in [2.45, 2.75) is 61.0 Å². The summed E-state index contributed by atoms with van der Waals surface area (Å²) in [4.78, 5) is 0. The summed E-state index contributed by atoms with van der Waals surface area (Å²) in [5, 5.41) is 0. The molecule has 0 nitrogen and oxygen atoms in total. The fourth-order valence-corrected chi connectivity index (χ4v) is 1.96. The van der Waals surface area contributed by atoms with Crippen LogP contribution in [-0.4, -0.2) is 47.6 Å². The van der Waals surface area contributed by atoms with Crippen LogP contribution in [0.25, 0.3) is 0 Å². The van der Waals surface area contributed by atoms with Crippen molar-refractivity contribution in [2.75, 3.05) is 0 Å². The normalized spacial score (nSPS) is 16.8. The highest BCUT2D eigenvalue weighted by molar-refractivity contribution is 14.1. The number of alkyl halides is 17. The molecule has 0 aromatic heterocycles. The molecular weight excluding hydrogens is 594 g/mol. The number of hydrogen-bond acceptors (Lipinski definition) is 0. The van der Waals surface area contributed by atoms with Gasteiger partial charge in [0.2, 0.25) is 0 Å². The van der Waals surface area contributed by atoms with Crippen LogP contribution in [0.4, 0.5) is 74.6 Å². The molecule has 0 fully saturated rings. The van der Waals surface area contributed by atoms with E-state index in [-0.39, 0.29) is 0 Å². The van der Waals surface area contributed by atoms with Crippen LogP contribution >= 0.6 is 22.6 Å². The molecule has 18 heteroatoms. The van der Waals surface area contributed by atoms with Crippen molar-refractivity contribution in [3.63, 3.8) is 0 Å². The van der Waals surface area contributed by atoms with Crippen LogP contribution in [0.2, 0.25) is 0 Å². The van der Waals surface area contributed by atoms with Gasteiger partial charge in [0, 0.05) is 6.08 Å². The molecule has 0 heterocycles. The topological polar surface area (TPSA) is 0 Å². The summed E-state index contributed by atoms with van der Waals surface area (Å²) in [5.74, 6) is -56.1. The summed E-state index contributed by atoms with van der Waals surface area (Å²) in [6, 6.07) is 0. The Balaban J connectivity index is 6.77. The summed E-state index contributed by atoms with van der Waals surface area (Å²) in [6.45, 7) is 0.938. The molecule has 0 aromatic rings. The lowest BCUT2D eigenvalue weighted by Gasteiger charge is -2.42. The van der Waals surface area contributed by atoms with Crippen molar-refractivity contribution in [3.05, 3.63) is 9.66 Å². The van der Waals surface area contributed by atoms with Crippen LogP contribution in [0.15, 0.2) is 9.66 Å². The van der Waals surface area contributed by atoms with Crippen molar-refractivity contribution in [1.29, 1.82) is 0 Å². The molecular formula is C12H6F17I. The Morgan fingerprint density at radius 2 is 0.800 bits per heavy atom. The minimum Gasteiger partial charge on any atom is -0.195 e. The first-order valence-corrected chi connectivity index (χ1v) is 7.87. The second kappa shape index (κ2) is 7.70. The summed E-state index contributed by atoms with van der Waals surface area (Å²) in [7, 11) is 0. The van der Waals surface area contributed by atoms with Gasteiger partial charge in [-0.25, -0.2) is 0 Å². The largest absolute Gasteiger partial charge is 0.460 e. The van der Waals surface area contributed by atoms with Gasteiger partial charge in [-0.3, -0.25) is 0 Å². The van der Waals surface area contributed by atoms with E-state index in [1.807, 2.05) is 0 Å². The molecule has 30 heavy (non-hydrogen) atoms. The standard InChI is InChI=1S/C12H6F17I/c1-2-4(30)3-5(13,14)6(15,16)7(17,18)8(19,20)9(21,22)10(23,24)11(25,26)12(27,28)29/h3H,2H2,1H3. The van der Waals surface area contributed by atoms with Gasteiger partial charge in [0.1, 0.15) is 0 Å². The predicted molar refractivity (Wildman–Crippen MR) is 73.1 cm³/mol. The van der Waals surface area contributed by atoms with Crippen molar-refractivity contribution in [3.8, 4) is 0 Å². The first kappa shape index (κ1) is 29.3. The number of hydrogen-bond donors (Lipinski definition) is 0. The van der Waals surface area contributed by atoms with Crippen molar-refractivity contribution in [1.82, 2.24) is 0 Å². The molecule has 0 rings (SSSR count). The van der Waals surface area contributed by atoms with Gasteiger partial charge in [0.05, 0.1) is 0 Å². The highest BCUT2D eigenvalue weighted by Crippen LogP contribution is 2.64. The Labute approximate surface area is 168 Å². The van der Waals surface area contributed by atoms with Gasteiger partial charge in [0.25, 0.3) is 0 Å². The molecule has 0 atom stereocenters. The summed E-state index contributed by atoms with van der Waals surface area (Å²) < 4.78 is 219. The van der Waals surface area contributed by atoms with Crippen LogP contribution in [-0.2, 0) is 0 Å². The SMILES string of the molecule is CCC(I)=CC(F)(F)C(F)(F)C(F)(F)C(F)(F)C(F)(F)C(F)(F)C(F)(F)C(F)(F)F. The number of halogens is 18. The molecule has 0 N–H and O–H groups in total. The van der Waals surface area contributed by atoms with E-state index in [1.54, 1.807) is 0 Å². The Morgan fingerprint density at radius 3 is 1.07 bits per heavy atom. The maximum atomic E-state index is 13.4. The zero-order valence-electron chi connectivity index (χ0n) is 13.6. The second-order valence-corrected chi connectivity index (χ2v) is 6.90. The average molecular weight is 600 g/mol. The smallest absolute Gasteiger partial charge is 0.195 e. The highest BCUT2D eigenvalue weighted by atomic mass is 127. The van der Waals surface area contributed by atoms with E-state index in [1.165, 1.54) is 0 Å². The fourth-order valence-electron chi connectivity index (χ4n) is 1.57. The Bertz CT molecular complexity index is 656. The van der Waals surface area contributed by atoms with Gasteiger partial charge in [0.15, 0.2) is 0 Å².